The molecule has 92 valence electrons. The number of benzene rings is 1. The molecule has 0 heterocycles. The molecular formula is C13H18N2O2. The number of nitrogens with two attached hydrogens (primary N) is 1. The second kappa shape index (κ2) is 5.59. The van der Waals surface area contributed by atoms with Crippen LogP contribution >= 0.6 is 0 Å². The van der Waals surface area contributed by atoms with Crippen LogP contribution in [-0.2, 0) is 0 Å². The van der Waals surface area contributed by atoms with Crippen LogP contribution in [-0.4, -0.2) is 11.0 Å². The Labute approximate surface area is 101 Å². The van der Waals surface area contributed by atoms with Crippen molar-refractivity contribution < 1.29 is 4.92 Å². The highest BCUT2D eigenvalue weighted by Gasteiger charge is 2.16. The molecule has 0 aliphatic carbocycles. The van der Waals surface area contributed by atoms with Gasteiger partial charge in [-0.1, -0.05) is 38.1 Å². The summed E-state index contributed by atoms with van der Waals surface area (Å²) in [5.74, 6) is 0.141. The molecule has 1 aromatic rings. The Morgan fingerprint density at radius 2 is 2.00 bits per heavy atom. The highest BCUT2D eigenvalue weighted by atomic mass is 16.6. The third kappa shape index (κ3) is 3.67. The Balaban J connectivity index is 3.14. The SMILES string of the molecule is CC(N)/C=C/c1ccc(C(C)C)c([N+](=O)[O-])c1. The van der Waals surface area contributed by atoms with E-state index in [4.69, 9.17) is 5.73 Å². The van der Waals surface area contributed by atoms with E-state index in [1.807, 2.05) is 45.1 Å². The first-order valence-corrected chi connectivity index (χ1v) is 5.64. The van der Waals surface area contributed by atoms with Crippen LogP contribution < -0.4 is 5.73 Å². The van der Waals surface area contributed by atoms with Gasteiger partial charge in [-0.3, -0.25) is 10.1 Å². The van der Waals surface area contributed by atoms with Crippen molar-refractivity contribution in [2.24, 2.45) is 5.73 Å². The van der Waals surface area contributed by atoms with Crippen molar-refractivity contribution in [3.8, 4) is 0 Å². The molecule has 1 aromatic carbocycles. The van der Waals surface area contributed by atoms with Crippen molar-refractivity contribution in [2.75, 3.05) is 0 Å². The van der Waals surface area contributed by atoms with Gasteiger partial charge in [0.15, 0.2) is 0 Å². The molecule has 0 saturated heterocycles. The van der Waals surface area contributed by atoms with Crippen molar-refractivity contribution in [3.63, 3.8) is 0 Å². The molecule has 0 aromatic heterocycles. The van der Waals surface area contributed by atoms with Crippen LogP contribution in [0.5, 0.6) is 0 Å². The Hall–Kier alpha value is -1.68. The molecule has 1 unspecified atom stereocenters. The van der Waals surface area contributed by atoms with E-state index < -0.39 is 0 Å². The first-order chi connectivity index (χ1) is 7.91. The van der Waals surface area contributed by atoms with Crippen molar-refractivity contribution >= 4 is 11.8 Å². The van der Waals surface area contributed by atoms with Crippen molar-refractivity contribution in [2.45, 2.75) is 32.7 Å². The molecule has 0 aliphatic rings. The van der Waals surface area contributed by atoms with Gasteiger partial charge >= 0.3 is 0 Å². The first kappa shape index (κ1) is 13.4. The fourth-order valence-electron chi connectivity index (χ4n) is 1.57. The first-order valence-electron chi connectivity index (χ1n) is 5.64. The maximum Gasteiger partial charge on any atom is 0.273 e. The summed E-state index contributed by atoms with van der Waals surface area (Å²) in [4.78, 5) is 10.6. The summed E-state index contributed by atoms with van der Waals surface area (Å²) < 4.78 is 0. The van der Waals surface area contributed by atoms with Crippen molar-refractivity contribution in [1.82, 2.24) is 0 Å². The quantitative estimate of drug-likeness (QED) is 0.643. The van der Waals surface area contributed by atoms with Crippen LogP contribution in [0.3, 0.4) is 0 Å². The van der Waals surface area contributed by atoms with Crippen LogP contribution in [0.4, 0.5) is 5.69 Å². The van der Waals surface area contributed by atoms with Gasteiger partial charge in [0.25, 0.3) is 5.69 Å². The van der Waals surface area contributed by atoms with Gasteiger partial charge < -0.3 is 5.73 Å². The summed E-state index contributed by atoms with van der Waals surface area (Å²) in [7, 11) is 0. The molecule has 0 amide bonds. The Kier molecular flexibility index (Phi) is 4.40. The summed E-state index contributed by atoms with van der Waals surface area (Å²) in [5.41, 5.74) is 7.33. The Morgan fingerprint density at radius 1 is 1.35 bits per heavy atom. The fraction of sp³-hybridized carbons (Fsp3) is 0.385. The molecule has 0 bridgehead atoms. The molecular weight excluding hydrogens is 216 g/mol. The van der Waals surface area contributed by atoms with Gasteiger partial charge in [0, 0.05) is 17.7 Å². The average Bonchev–Trinajstić information content (AvgIpc) is 2.25. The van der Waals surface area contributed by atoms with Gasteiger partial charge in [-0.05, 0) is 18.4 Å². The summed E-state index contributed by atoms with van der Waals surface area (Å²) >= 11 is 0. The van der Waals surface area contributed by atoms with E-state index in [-0.39, 0.29) is 22.6 Å². The number of nitro benzene ring substituents is 1. The van der Waals surface area contributed by atoms with E-state index in [2.05, 4.69) is 0 Å². The van der Waals surface area contributed by atoms with Gasteiger partial charge in [0.1, 0.15) is 0 Å². The lowest BCUT2D eigenvalue weighted by Crippen LogP contribution is -2.09. The predicted octanol–water partition coefficient (Wildman–Crippen LogP) is 3.08. The predicted molar refractivity (Wildman–Crippen MR) is 69.9 cm³/mol. The van der Waals surface area contributed by atoms with Gasteiger partial charge in [0.2, 0.25) is 0 Å². The van der Waals surface area contributed by atoms with Crippen LogP contribution in [0.25, 0.3) is 6.08 Å². The molecule has 0 aliphatic heterocycles. The Bertz CT molecular complexity index is 437. The Morgan fingerprint density at radius 3 is 2.47 bits per heavy atom. The smallest absolute Gasteiger partial charge is 0.273 e. The minimum Gasteiger partial charge on any atom is -0.325 e. The maximum atomic E-state index is 11.0. The van der Waals surface area contributed by atoms with Gasteiger partial charge in [-0.2, -0.15) is 0 Å². The maximum absolute atomic E-state index is 11.0. The van der Waals surface area contributed by atoms with Crippen molar-refractivity contribution in [1.29, 1.82) is 0 Å². The van der Waals surface area contributed by atoms with Gasteiger partial charge in [0.05, 0.1) is 4.92 Å². The molecule has 4 nitrogen and oxygen atoms in total. The van der Waals surface area contributed by atoms with Crippen molar-refractivity contribution in [3.05, 3.63) is 45.5 Å². The van der Waals surface area contributed by atoms with E-state index in [1.165, 1.54) is 0 Å². The lowest BCUT2D eigenvalue weighted by molar-refractivity contribution is -0.385. The van der Waals surface area contributed by atoms with E-state index in [9.17, 15) is 10.1 Å². The fourth-order valence-corrected chi connectivity index (χ4v) is 1.57. The molecule has 0 radical (unpaired) electrons. The molecule has 4 heteroatoms. The zero-order chi connectivity index (χ0) is 13.0. The molecule has 0 spiro atoms. The number of rotatable bonds is 4. The van der Waals surface area contributed by atoms with Gasteiger partial charge in [-0.25, -0.2) is 0 Å². The van der Waals surface area contributed by atoms with E-state index in [1.54, 1.807) is 6.07 Å². The molecule has 1 rings (SSSR count). The molecule has 0 fully saturated rings. The van der Waals surface area contributed by atoms with E-state index in [0.717, 1.165) is 11.1 Å². The second-order valence-corrected chi connectivity index (χ2v) is 4.45. The highest BCUT2D eigenvalue weighted by molar-refractivity contribution is 5.57. The summed E-state index contributed by atoms with van der Waals surface area (Å²) in [6, 6.07) is 5.22. The summed E-state index contributed by atoms with van der Waals surface area (Å²) in [6.07, 6.45) is 3.62. The summed E-state index contributed by atoms with van der Waals surface area (Å²) in [6.45, 7) is 5.74. The number of nitro groups is 1. The van der Waals surface area contributed by atoms with Gasteiger partial charge in [-0.15, -0.1) is 0 Å². The number of nitrogens with zero attached hydrogens (tertiary/aromatic N) is 1. The highest BCUT2D eigenvalue weighted by Crippen LogP contribution is 2.27. The number of hydrogen-bond acceptors (Lipinski definition) is 3. The normalized spacial score (nSPS) is 13.2. The van der Waals surface area contributed by atoms with Crippen LogP contribution in [0.2, 0.25) is 0 Å². The lowest BCUT2D eigenvalue weighted by Gasteiger charge is -2.07. The zero-order valence-corrected chi connectivity index (χ0v) is 10.4. The van der Waals surface area contributed by atoms with Crippen LogP contribution in [0.15, 0.2) is 24.3 Å². The van der Waals surface area contributed by atoms with E-state index >= 15 is 0 Å². The minimum atomic E-state index is -0.335. The third-order valence-electron chi connectivity index (χ3n) is 2.47. The molecule has 17 heavy (non-hydrogen) atoms. The minimum absolute atomic E-state index is 0.0566. The molecule has 2 N–H and O–H groups in total. The topological polar surface area (TPSA) is 69.2 Å². The largest absolute Gasteiger partial charge is 0.325 e. The van der Waals surface area contributed by atoms with Crippen LogP contribution in [0.1, 0.15) is 37.8 Å². The molecule has 1 atom stereocenters. The average molecular weight is 234 g/mol. The van der Waals surface area contributed by atoms with Crippen LogP contribution in [0, 0.1) is 10.1 Å². The lowest BCUT2D eigenvalue weighted by atomic mass is 9.99. The number of hydrogen-bond donors (Lipinski definition) is 1. The second-order valence-electron chi connectivity index (χ2n) is 4.45. The molecule has 0 saturated carbocycles. The summed E-state index contributed by atoms with van der Waals surface area (Å²) in [5, 5.41) is 11.0. The third-order valence-corrected chi connectivity index (χ3v) is 2.47. The van der Waals surface area contributed by atoms with E-state index in [0.29, 0.717) is 0 Å². The monoisotopic (exact) mass is 234 g/mol. The standard InChI is InChI=1S/C13H18N2O2/c1-9(2)12-7-6-11(5-4-10(3)14)8-13(12)15(16)17/h4-10H,14H2,1-3H3/b5-4+. The zero-order valence-electron chi connectivity index (χ0n) is 10.4.